The van der Waals surface area contributed by atoms with E-state index in [1.165, 1.54) is 6.07 Å². The number of benzene rings is 1. The lowest BCUT2D eigenvalue weighted by Gasteiger charge is -2.38. The lowest BCUT2D eigenvalue weighted by molar-refractivity contribution is -0.386. The van der Waals surface area contributed by atoms with Gasteiger partial charge in [-0.05, 0) is 18.1 Å². The predicted molar refractivity (Wildman–Crippen MR) is 94.2 cm³/mol. The highest BCUT2D eigenvalue weighted by Crippen LogP contribution is 2.36. The Hall–Kier alpha value is -0.950. The minimum atomic E-state index is -0.561. The van der Waals surface area contributed by atoms with Gasteiger partial charge < -0.3 is 5.32 Å². The van der Waals surface area contributed by atoms with E-state index in [4.69, 9.17) is 0 Å². The highest BCUT2D eigenvalue weighted by Gasteiger charge is 2.31. The molecular weight excluding hydrogens is 344 g/mol. The van der Waals surface area contributed by atoms with Crippen LogP contribution in [0.1, 0.15) is 31.9 Å². The second kappa shape index (κ2) is 10.0. The van der Waals surface area contributed by atoms with Crippen LogP contribution in [0.4, 0.5) is 10.1 Å². The van der Waals surface area contributed by atoms with Crippen LogP contribution in [0, 0.1) is 21.8 Å². The van der Waals surface area contributed by atoms with E-state index in [2.05, 4.69) is 24.1 Å². The molecule has 23 heavy (non-hydrogen) atoms. The summed E-state index contributed by atoms with van der Waals surface area (Å²) >= 11 is 0. The maximum absolute atomic E-state index is 13.4. The number of nitrogens with zero attached hydrogens (tertiary/aromatic N) is 2. The molecular formula is C15H24Cl2FN3O2. The summed E-state index contributed by atoms with van der Waals surface area (Å²) in [5, 5.41) is 14.6. The minimum absolute atomic E-state index is 0. The largest absolute Gasteiger partial charge is 0.314 e. The maximum atomic E-state index is 13.4. The Labute approximate surface area is 148 Å². The van der Waals surface area contributed by atoms with Crippen LogP contribution in [0.15, 0.2) is 18.2 Å². The van der Waals surface area contributed by atoms with E-state index >= 15 is 0 Å². The molecule has 1 aromatic carbocycles. The molecule has 8 heteroatoms. The Bertz CT molecular complexity index is 513. The van der Waals surface area contributed by atoms with Crippen LogP contribution in [0.2, 0.25) is 0 Å². The van der Waals surface area contributed by atoms with E-state index in [0.717, 1.165) is 38.7 Å². The van der Waals surface area contributed by atoms with Crippen molar-refractivity contribution in [2.45, 2.75) is 26.3 Å². The van der Waals surface area contributed by atoms with E-state index in [9.17, 15) is 14.5 Å². The Morgan fingerprint density at radius 2 is 1.96 bits per heavy atom. The molecule has 132 valence electrons. The van der Waals surface area contributed by atoms with Crippen molar-refractivity contribution in [3.63, 3.8) is 0 Å². The summed E-state index contributed by atoms with van der Waals surface area (Å²) in [6, 6.07) is 3.89. The van der Waals surface area contributed by atoms with E-state index in [0.29, 0.717) is 5.56 Å². The first-order valence-electron chi connectivity index (χ1n) is 7.43. The third-order valence-electron chi connectivity index (χ3n) is 4.24. The first kappa shape index (κ1) is 22.1. The summed E-state index contributed by atoms with van der Waals surface area (Å²) < 4.78 is 13.4. The molecule has 0 saturated carbocycles. The molecule has 1 N–H and O–H groups in total. The normalized spacial score (nSPS) is 17.5. The van der Waals surface area contributed by atoms with Gasteiger partial charge in [0.05, 0.1) is 11.0 Å². The smallest absolute Gasteiger partial charge is 0.277 e. The molecule has 0 spiro atoms. The van der Waals surface area contributed by atoms with Gasteiger partial charge in [-0.25, -0.2) is 4.39 Å². The second-order valence-corrected chi connectivity index (χ2v) is 5.58. The predicted octanol–water partition coefficient (Wildman–Crippen LogP) is 3.57. The third kappa shape index (κ3) is 5.28. The van der Waals surface area contributed by atoms with Gasteiger partial charge in [-0.15, -0.1) is 24.8 Å². The number of nitro groups is 1. The second-order valence-electron chi connectivity index (χ2n) is 5.58. The number of hydrogen-bond donors (Lipinski definition) is 1. The average molecular weight is 368 g/mol. The number of rotatable bonds is 5. The van der Waals surface area contributed by atoms with Crippen LogP contribution in [0.25, 0.3) is 0 Å². The van der Waals surface area contributed by atoms with Crippen molar-refractivity contribution in [3.05, 3.63) is 39.7 Å². The number of halogens is 3. The molecule has 0 amide bonds. The lowest BCUT2D eigenvalue weighted by atomic mass is 9.89. The molecule has 1 aliphatic heterocycles. The SMILES string of the molecule is CCC(C)[C@@H](c1ccc(F)cc1[N+](=O)[O-])N1CCNCC1.Cl.Cl. The van der Waals surface area contributed by atoms with Gasteiger partial charge in [-0.1, -0.05) is 20.3 Å². The first-order valence-corrected chi connectivity index (χ1v) is 7.43. The quantitative estimate of drug-likeness (QED) is 0.638. The zero-order valence-electron chi connectivity index (χ0n) is 13.3. The molecule has 0 aromatic heterocycles. The van der Waals surface area contributed by atoms with Crippen molar-refractivity contribution in [2.24, 2.45) is 5.92 Å². The summed E-state index contributed by atoms with van der Waals surface area (Å²) in [5.74, 6) is -0.291. The summed E-state index contributed by atoms with van der Waals surface area (Å²) in [6.07, 6.45) is 0.920. The van der Waals surface area contributed by atoms with Crippen LogP contribution in [0.5, 0.6) is 0 Å². The molecule has 1 fully saturated rings. The number of nitro benzene ring substituents is 1. The average Bonchev–Trinajstić information content (AvgIpc) is 2.49. The molecule has 0 aliphatic carbocycles. The van der Waals surface area contributed by atoms with Crippen molar-refractivity contribution in [3.8, 4) is 0 Å². The summed E-state index contributed by atoms with van der Waals surface area (Å²) in [6.45, 7) is 7.63. The van der Waals surface area contributed by atoms with Gasteiger partial charge in [-0.3, -0.25) is 15.0 Å². The van der Waals surface area contributed by atoms with Gasteiger partial charge in [-0.2, -0.15) is 0 Å². The van der Waals surface area contributed by atoms with Gasteiger partial charge in [0.2, 0.25) is 0 Å². The Morgan fingerprint density at radius 1 is 1.35 bits per heavy atom. The van der Waals surface area contributed by atoms with Gasteiger partial charge in [0.25, 0.3) is 5.69 Å². The molecule has 5 nitrogen and oxygen atoms in total. The third-order valence-corrected chi connectivity index (χ3v) is 4.24. The standard InChI is InChI=1S/C15H22FN3O2.2ClH/c1-3-11(2)15(18-8-6-17-7-9-18)13-5-4-12(16)10-14(13)19(20)21;;/h4-5,10-11,15,17H,3,6-9H2,1-2H3;2*1H/t11?,15-;;/m0../s1. The molecule has 1 heterocycles. The Balaban J connectivity index is 0.00000242. The van der Waals surface area contributed by atoms with Gasteiger partial charge in [0.15, 0.2) is 0 Å². The highest BCUT2D eigenvalue weighted by molar-refractivity contribution is 5.85. The van der Waals surface area contributed by atoms with Crippen LogP contribution < -0.4 is 5.32 Å². The summed E-state index contributed by atoms with van der Waals surface area (Å²) in [7, 11) is 0. The monoisotopic (exact) mass is 367 g/mol. The summed E-state index contributed by atoms with van der Waals surface area (Å²) in [5.41, 5.74) is 0.511. The molecule has 1 saturated heterocycles. The van der Waals surface area contributed by atoms with E-state index in [1.54, 1.807) is 6.07 Å². The number of piperazine rings is 1. The fourth-order valence-electron chi connectivity index (χ4n) is 2.97. The molecule has 0 radical (unpaired) electrons. The molecule has 2 rings (SSSR count). The minimum Gasteiger partial charge on any atom is -0.314 e. The van der Waals surface area contributed by atoms with Gasteiger partial charge in [0.1, 0.15) is 5.82 Å². The summed E-state index contributed by atoms with van der Waals surface area (Å²) in [4.78, 5) is 13.1. The molecule has 2 atom stereocenters. The molecule has 1 unspecified atom stereocenters. The molecule has 0 bridgehead atoms. The highest BCUT2D eigenvalue weighted by atomic mass is 35.5. The van der Waals surface area contributed by atoms with Crippen LogP contribution >= 0.6 is 24.8 Å². The van der Waals surface area contributed by atoms with Crippen molar-refractivity contribution < 1.29 is 9.31 Å². The molecule has 1 aromatic rings. The van der Waals surface area contributed by atoms with Crippen molar-refractivity contribution in [1.82, 2.24) is 10.2 Å². The maximum Gasteiger partial charge on any atom is 0.277 e. The van der Waals surface area contributed by atoms with Crippen LogP contribution in [0.3, 0.4) is 0 Å². The Kier molecular flexibility index (Phi) is 9.61. The molecule has 1 aliphatic rings. The van der Waals surface area contributed by atoms with Crippen LogP contribution in [-0.4, -0.2) is 36.0 Å². The van der Waals surface area contributed by atoms with Gasteiger partial charge >= 0.3 is 0 Å². The van der Waals surface area contributed by atoms with Crippen molar-refractivity contribution >= 4 is 30.5 Å². The van der Waals surface area contributed by atoms with Crippen molar-refractivity contribution in [1.29, 1.82) is 0 Å². The fourth-order valence-corrected chi connectivity index (χ4v) is 2.97. The lowest BCUT2D eigenvalue weighted by Crippen LogP contribution is -2.46. The topological polar surface area (TPSA) is 58.4 Å². The first-order chi connectivity index (χ1) is 10.0. The Morgan fingerprint density at radius 3 is 2.48 bits per heavy atom. The van der Waals surface area contributed by atoms with E-state index < -0.39 is 10.7 Å². The van der Waals surface area contributed by atoms with Crippen LogP contribution in [-0.2, 0) is 0 Å². The van der Waals surface area contributed by atoms with Crippen molar-refractivity contribution in [2.75, 3.05) is 26.2 Å². The zero-order valence-corrected chi connectivity index (χ0v) is 15.0. The van der Waals surface area contributed by atoms with E-state index in [1.807, 2.05) is 0 Å². The fraction of sp³-hybridized carbons (Fsp3) is 0.600. The number of nitrogens with one attached hydrogen (secondary N) is 1. The zero-order chi connectivity index (χ0) is 15.4. The number of hydrogen-bond acceptors (Lipinski definition) is 4. The van der Waals surface area contributed by atoms with E-state index in [-0.39, 0.29) is 42.5 Å². The van der Waals surface area contributed by atoms with Gasteiger partial charge in [0, 0.05) is 37.8 Å².